The Morgan fingerprint density at radius 3 is 2.06 bits per heavy atom. The van der Waals surface area contributed by atoms with E-state index in [1.54, 1.807) is 0 Å². The van der Waals surface area contributed by atoms with Crippen LogP contribution in [0.15, 0.2) is 0 Å². The van der Waals surface area contributed by atoms with Gasteiger partial charge in [0.2, 0.25) is 11.8 Å². The Balaban J connectivity index is 2.85. The number of alkyl halides is 7. The second-order valence-electron chi connectivity index (χ2n) is 4.11. The van der Waals surface area contributed by atoms with E-state index in [1.165, 1.54) is 0 Å². The third kappa shape index (κ3) is 3.43. The van der Waals surface area contributed by atoms with Gasteiger partial charge < -0.3 is 4.90 Å². The van der Waals surface area contributed by atoms with E-state index in [4.69, 9.17) is 11.6 Å². The summed E-state index contributed by atoms with van der Waals surface area (Å²) in [5.41, 5.74) is 0. The maximum atomic E-state index is 12.3. The summed E-state index contributed by atoms with van der Waals surface area (Å²) in [6.45, 7) is -0.288. The number of hydrogen-bond acceptors (Lipinski definition) is 1. The van der Waals surface area contributed by atoms with Crippen molar-refractivity contribution in [3.63, 3.8) is 0 Å². The number of hydrogen-bond donors (Lipinski definition) is 0. The zero-order valence-electron chi connectivity index (χ0n) is 8.98. The van der Waals surface area contributed by atoms with Gasteiger partial charge in [0.1, 0.15) is 0 Å². The molecule has 106 valence electrons. The minimum absolute atomic E-state index is 0.104. The number of carbonyl (C=O) groups is 1. The molecule has 1 atom stereocenters. The van der Waals surface area contributed by atoms with Gasteiger partial charge in [0, 0.05) is 19.0 Å². The molecule has 1 amide bonds. The first-order chi connectivity index (χ1) is 8.07. The van der Waals surface area contributed by atoms with Crippen LogP contribution in [0.4, 0.5) is 26.3 Å². The first-order valence-electron chi connectivity index (χ1n) is 5.05. The first kappa shape index (κ1) is 15.4. The van der Waals surface area contributed by atoms with Crippen LogP contribution in [-0.4, -0.2) is 42.1 Å². The summed E-state index contributed by atoms with van der Waals surface area (Å²) in [4.78, 5) is 11.9. The molecule has 18 heavy (non-hydrogen) atoms. The Kier molecular flexibility index (Phi) is 4.40. The van der Waals surface area contributed by atoms with Crippen LogP contribution in [0, 0.1) is 11.8 Å². The lowest BCUT2D eigenvalue weighted by Crippen LogP contribution is -2.49. The van der Waals surface area contributed by atoms with Crippen LogP contribution in [0.3, 0.4) is 0 Å². The van der Waals surface area contributed by atoms with Gasteiger partial charge in [-0.25, -0.2) is 0 Å². The molecule has 9 heteroatoms. The Bertz CT molecular complexity index is 301. The van der Waals surface area contributed by atoms with E-state index in [9.17, 15) is 31.1 Å². The molecule has 0 aliphatic carbocycles. The smallest absolute Gasteiger partial charge is 0.342 e. The van der Waals surface area contributed by atoms with E-state index in [-0.39, 0.29) is 24.9 Å². The molecule has 0 aromatic heterocycles. The highest BCUT2D eigenvalue weighted by atomic mass is 35.5. The van der Waals surface area contributed by atoms with Crippen molar-refractivity contribution in [1.82, 2.24) is 4.90 Å². The molecule has 1 fully saturated rings. The second kappa shape index (κ2) is 5.14. The van der Waals surface area contributed by atoms with Gasteiger partial charge in [-0.2, -0.15) is 26.3 Å². The lowest BCUT2D eigenvalue weighted by Gasteiger charge is -2.26. The molecular formula is C9H10ClF6NO. The van der Waals surface area contributed by atoms with Crippen molar-refractivity contribution in [2.45, 2.75) is 18.8 Å². The van der Waals surface area contributed by atoms with Crippen molar-refractivity contribution in [2.24, 2.45) is 11.8 Å². The minimum Gasteiger partial charge on any atom is -0.342 e. The Morgan fingerprint density at radius 1 is 1.22 bits per heavy atom. The predicted molar refractivity (Wildman–Crippen MR) is 51.0 cm³/mol. The molecule has 1 aliphatic heterocycles. The van der Waals surface area contributed by atoms with Crippen LogP contribution in [0.1, 0.15) is 6.42 Å². The number of carbonyl (C=O) groups excluding carboxylic acids is 1. The Hall–Kier alpha value is -0.660. The highest BCUT2D eigenvalue weighted by Gasteiger charge is 2.62. The van der Waals surface area contributed by atoms with Crippen LogP contribution >= 0.6 is 11.6 Å². The zero-order valence-corrected chi connectivity index (χ0v) is 9.74. The molecule has 0 aromatic carbocycles. The van der Waals surface area contributed by atoms with Crippen LogP contribution in [0.5, 0.6) is 0 Å². The maximum Gasteiger partial charge on any atom is 0.409 e. The maximum absolute atomic E-state index is 12.3. The van der Waals surface area contributed by atoms with Crippen LogP contribution < -0.4 is 0 Å². The normalized spacial score (nSPS) is 21.8. The first-order valence-corrected chi connectivity index (χ1v) is 5.59. The Labute approximate surface area is 104 Å². The van der Waals surface area contributed by atoms with Crippen molar-refractivity contribution in [1.29, 1.82) is 0 Å². The van der Waals surface area contributed by atoms with Crippen molar-refractivity contribution >= 4 is 17.5 Å². The Morgan fingerprint density at radius 2 is 1.72 bits per heavy atom. The average Bonchev–Trinajstić information content (AvgIpc) is 2.60. The lowest BCUT2D eigenvalue weighted by atomic mass is 10.1. The highest BCUT2D eigenvalue weighted by Crippen LogP contribution is 2.41. The molecule has 2 nitrogen and oxygen atoms in total. The summed E-state index contributed by atoms with van der Waals surface area (Å²) >= 11 is 5.45. The molecule has 0 saturated carbocycles. The largest absolute Gasteiger partial charge is 0.409 e. The fourth-order valence-corrected chi connectivity index (χ4v) is 2.06. The molecule has 1 heterocycles. The molecule has 0 bridgehead atoms. The molecule has 1 saturated heterocycles. The van der Waals surface area contributed by atoms with Crippen molar-refractivity contribution in [3.8, 4) is 0 Å². The van der Waals surface area contributed by atoms with Gasteiger partial charge in [0.15, 0.2) is 0 Å². The summed E-state index contributed by atoms with van der Waals surface area (Å²) in [7, 11) is 0. The van der Waals surface area contributed by atoms with Gasteiger partial charge in [-0.05, 0) is 12.3 Å². The van der Waals surface area contributed by atoms with E-state index >= 15 is 0 Å². The molecule has 1 aliphatic rings. The van der Waals surface area contributed by atoms with E-state index in [1.807, 2.05) is 0 Å². The zero-order chi connectivity index (χ0) is 14.1. The monoisotopic (exact) mass is 297 g/mol. The molecular weight excluding hydrogens is 288 g/mol. The van der Waals surface area contributed by atoms with Crippen molar-refractivity contribution < 1.29 is 31.1 Å². The van der Waals surface area contributed by atoms with Crippen molar-refractivity contribution in [3.05, 3.63) is 0 Å². The van der Waals surface area contributed by atoms with Crippen LogP contribution in [-0.2, 0) is 4.79 Å². The molecule has 0 aromatic rings. The summed E-state index contributed by atoms with van der Waals surface area (Å²) < 4.78 is 73.8. The fourth-order valence-electron chi connectivity index (χ4n) is 1.81. The van der Waals surface area contributed by atoms with Gasteiger partial charge >= 0.3 is 12.4 Å². The van der Waals surface area contributed by atoms with Gasteiger partial charge in [-0.3, -0.25) is 4.79 Å². The SMILES string of the molecule is O=C(C(C(F)(F)F)C(F)(F)F)N1CCC(CCl)C1. The van der Waals surface area contributed by atoms with Gasteiger partial charge in [-0.1, -0.05) is 0 Å². The average molecular weight is 298 g/mol. The van der Waals surface area contributed by atoms with E-state index in [0.717, 1.165) is 0 Å². The lowest BCUT2D eigenvalue weighted by molar-refractivity contribution is -0.277. The molecule has 0 N–H and O–H groups in total. The topological polar surface area (TPSA) is 20.3 Å². The van der Waals surface area contributed by atoms with Gasteiger partial charge in [-0.15, -0.1) is 11.6 Å². The third-order valence-corrected chi connectivity index (χ3v) is 3.15. The number of rotatable bonds is 2. The van der Waals surface area contributed by atoms with E-state index < -0.39 is 24.2 Å². The summed E-state index contributed by atoms with van der Waals surface area (Å²) in [5, 5.41) is 0. The molecule has 0 radical (unpaired) electrons. The summed E-state index contributed by atoms with van der Waals surface area (Å²) in [6, 6.07) is 0. The van der Waals surface area contributed by atoms with E-state index in [0.29, 0.717) is 11.3 Å². The molecule has 1 rings (SSSR count). The van der Waals surface area contributed by atoms with Gasteiger partial charge in [0.05, 0.1) is 0 Å². The fraction of sp³-hybridized carbons (Fsp3) is 0.889. The van der Waals surface area contributed by atoms with Crippen LogP contribution in [0.2, 0.25) is 0 Å². The molecule has 0 spiro atoms. The summed E-state index contributed by atoms with van der Waals surface area (Å²) in [5.74, 6) is -6.04. The standard InChI is InChI=1S/C9H10ClF6NO/c10-3-5-1-2-17(4-5)7(18)6(8(11,12)13)9(14,15)16/h5-6H,1-4H2. The van der Waals surface area contributed by atoms with E-state index in [2.05, 4.69) is 0 Å². The summed E-state index contributed by atoms with van der Waals surface area (Å²) in [6.07, 6.45) is -10.9. The highest BCUT2D eigenvalue weighted by molar-refractivity contribution is 6.18. The quantitative estimate of drug-likeness (QED) is 0.567. The molecule has 1 unspecified atom stereocenters. The number of nitrogens with zero attached hydrogens (tertiary/aromatic N) is 1. The van der Waals surface area contributed by atoms with Crippen molar-refractivity contribution in [2.75, 3.05) is 19.0 Å². The third-order valence-electron chi connectivity index (χ3n) is 2.72. The number of likely N-dealkylation sites (tertiary alicyclic amines) is 1. The number of amides is 1. The number of halogens is 7. The predicted octanol–water partition coefficient (Wildman–Crippen LogP) is 2.81. The van der Waals surface area contributed by atoms with Crippen LogP contribution in [0.25, 0.3) is 0 Å². The minimum atomic E-state index is -5.63. The van der Waals surface area contributed by atoms with Gasteiger partial charge in [0.25, 0.3) is 0 Å². The second-order valence-corrected chi connectivity index (χ2v) is 4.42.